The molecule has 1 N–H and O–H groups in total. The molecule has 0 unspecified atom stereocenters. The number of hydrazone groups is 1. The zero-order valence-corrected chi connectivity index (χ0v) is 10.8. The van der Waals surface area contributed by atoms with Gasteiger partial charge in [0.1, 0.15) is 5.71 Å². The molecule has 0 aliphatic heterocycles. The van der Waals surface area contributed by atoms with Crippen molar-refractivity contribution in [3.63, 3.8) is 0 Å². The molecule has 2 aromatic rings. The van der Waals surface area contributed by atoms with Crippen molar-refractivity contribution in [1.29, 1.82) is 0 Å². The Balaban J connectivity index is 1.90. The van der Waals surface area contributed by atoms with E-state index in [9.17, 15) is 9.59 Å². The van der Waals surface area contributed by atoms with E-state index in [4.69, 9.17) is 0 Å². The van der Waals surface area contributed by atoms with Crippen molar-refractivity contribution in [1.82, 2.24) is 4.98 Å². The Morgan fingerprint density at radius 2 is 1.95 bits per heavy atom. The molecule has 0 saturated heterocycles. The van der Waals surface area contributed by atoms with Crippen molar-refractivity contribution in [3.05, 3.63) is 36.5 Å². The summed E-state index contributed by atoms with van der Waals surface area (Å²) in [6.07, 6.45) is 3.25. The summed E-state index contributed by atoms with van der Waals surface area (Å²) in [6, 6.07) is 9.50. The van der Waals surface area contributed by atoms with Crippen molar-refractivity contribution in [2.75, 3.05) is 5.43 Å². The Labute approximate surface area is 115 Å². The molecule has 20 heavy (non-hydrogen) atoms. The van der Waals surface area contributed by atoms with Gasteiger partial charge in [0.05, 0.1) is 11.2 Å². The summed E-state index contributed by atoms with van der Waals surface area (Å²) in [4.78, 5) is 27.3. The molecule has 1 aromatic carbocycles. The third-order valence-electron chi connectivity index (χ3n) is 3.28. The predicted octanol–water partition coefficient (Wildman–Crippen LogP) is 2.32. The highest BCUT2D eigenvalue weighted by Crippen LogP contribution is 2.21. The number of hydrogen-bond acceptors (Lipinski definition) is 5. The van der Waals surface area contributed by atoms with Crippen LogP contribution in [0.4, 0.5) is 5.69 Å². The lowest BCUT2D eigenvalue weighted by molar-refractivity contribution is -0.133. The lowest BCUT2D eigenvalue weighted by Crippen LogP contribution is -2.29. The second kappa shape index (κ2) is 5.21. The lowest BCUT2D eigenvalue weighted by atomic mass is 9.96. The molecule has 0 amide bonds. The van der Waals surface area contributed by atoms with Crippen LogP contribution < -0.4 is 5.43 Å². The first-order valence-corrected chi connectivity index (χ1v) is 6.49. The molecule has 0 spiro atoms. The highest BCUT2D eigenvalue weighted by molar-refractivity contribution is 6.66. The number of benzene rings is 1. The fraction of sp³-hybridized carbons (Fsp3) is 0.200. The molecule has 1 saturated carbocycles. The van der Waals surface area contributed by atoms with Crippen LogP contribution in [0, 0.1) is 0 Å². The average Bonchev–Trinajstić information content (AvgIpc) is 2.49. The topological polar surface area (TPSA) is 71.4 Å². The summed E-state index contributed by atoms with van der Waals surface area (Å²) >= 11 is 0. The van der Waals surface area contributed by atoms with Crippen LogP contribution in [0.3, 0.4) is 0 Å². The maximum absolute atomic E-state index is 11.7. The molecule has 0 atom stereocenters. The summed E-state index contributed by atoms with van der Waals surface area (Å²) in [5.41, 5.74) is 4.67. The standard InChI is InChI=1S/C15H13N3O2/c19-13-8-2-7-12(15(13)20)18-17-11-6-1-4-10-5-3-9-16-14(10)11/h1,3-6,9,17H,2,7-8H2. The number of carbonyl (C=O) groups is 2. The number of Topliss-reactive ketones (excluding diaryl/α,β-unsaturated/α-hetero) is 2. The highest BCUT2D eigenvalue weighted by atomic mass is 16.2. The number of nitrogens with one attached hydrogen (secondary N) is 1. The Bertz CT molecular complexity index is 717. The Kier molecular flexibility index (Phi) is 3.25. The van der Waals surface area contributed by atoms with Crippen LogP contribution in [0.15, 0.2) is 41.6 Å². The first kappa shape index (κ1) is 12.5. The number of ketones is 2. The molecule has 0 bridgehead atoms. The minimum absolute atomic E-state index is 0.300. The normalized spacial score (nSPS) is 17.7. The van der Waals surface area contributed by atoms with Crippen molar-refractivity contribution in [2.24, 2.45) is 5.10 Å². The molecule has 1 aliphatic rings. The third kappa shape index (κ3) is 2.30. The van der Waals surface area contributed by atoms with Gasteiger partial charge in [-0.1, -0.05) is 18.2 Å². The maximum atomic E-state index is 11.7. The molecular formula is C15H13N3O2. The molecule has 5 nitrogen and oxygen atoms in total. The van der Waals surface area contributed by atoms with Crippen LogP contribution in [0.1, 0.15) is 19.3 Å². The van der Waals surface area contributed by atoms with Crippen LogP contribution in [-0.4, -0.2) is 22.3 Å². The molecule has 1 fully saturated rings. The predicted molar refractivity (Wildman–Crippen MR) is 76.7 cm³/mol. The summed E-state index contributed by atoms with van der Waals surface area (Å²) in [5.74, 6) is -0.829. The van der Waals surface area contributed by atoms with Gasteiger partial charge >= 0.3 is 0 Å². The molecule has 1 aromatic heterocycles. The van der Waals surface area contributed by atoms with E-state index >= 15 is 0 Å². The number of aromatic nitrogens is 1. The van der Waals surface area contributed by atoms with Gasteiger partial charge in [0.15, 0.2) is 0 Å². The largest absolute Gasteiger partial charge is 0.290 e. The number of fused-ring (bicyclic) bond motifs is 1. The number of para-hydroxylation sites is 1. The Hall–Kier alpha value is -2.56. The van der Waals surface area contributed by atoms with Crippen LogP contribution in [-0.2, 0) is 9.59 Å². The number of pyridine rings is 1. The summed E-state index contributed by atoms with van der Waals surface area (Å²) in [5, 5.41) is 5.08. The zero-order valence-electron chi connectivity index (χ0n) is 10.8. The van der Waals surface area contributed by atoms with E-state index in [0.717, 1.165) is 16.6 Å². The average molecular weight is 267 g/mol. The number of nitrogens with zero attached hydrogens (tertiary/aromatic N) is 2. The molecule has 100 valence electrons. The van der Waals surface area contributed by atoms with E-state index in [2.05, 4.69) is 15.5 Å². The van der Waals surface area contributed by atoms with Crippen molar-refractivity contribution >= 4 is 33.9 Å². The van der Waals surface area contributed by atoms with E-state index in [1.807, 2.05) is 30.3 Å². The van der Waals surface area contributed by atoms with Gasteiger partial charge in [-0.25, -0.2) is 0 Å². The maximum Gasteiger partial charge on any atom is 0.244 e. The molecule has 3 rings (SSSR count). The molecule has 5 heteroatoms. The third-order valence-corrected chi connectivity index (χ3v) is 3.28. The van der Waals surface area contributed by atoms with Crippen molar-refractivity contribution in [2.45, 2.75) is 19.3 Å². The van der Waals surface area contributed by atoms with E-state index in [1.54, 1.807) is 6.20 Å². The van der Waals surface area contributed by atoms with Gasteiger partial charge in [-0.3, -0.25) is 20.0 Å². The monoisotopic (exact) mass is 267 g/mol. The fourth-order valence-electron chi connectivity index (χ4n) is 2.23. The molecule has 1 aliphatic carbocycles. The zero-order chi connectivity index (χ0) is 13.9. The SMILES string of the molecule is O=C1CCCC(=NNc2cccc3cccnc23)C1=O. The number of carbonyl (C=O) groups excluding carboxylic acids is 2. The van der Waals surface area contributed by atoms with Crippen LogP contribution >= 0.6 is 0 Å². The summed E-state index contributed by atoms with van der Waals surface area (Å²) in [7, 11) is 0. The van der Waals surface area contributed by atoms with Gasteiger partial charge in [0.2, 0.25) is 11.6 Å². The number of hydrogen-bond donors (Lipinski definition) is 1. The minimum Gasteiger partial charge on any atom is -0.290 e. The summed E-state index contributed by atoms with van der Waals surface area (Å²) < 4.78 is 0. The van der Waals surface area contributed by atoms with E-state index < -0.39 is 5.78 Å². The van der Waals surface area contributed by atoms with Crippen LogP contribution in [0.5, 0.6) is 0 Å². The quantitative estimate of drug-likeness (QED) is 0.669. The van der Waals surface area contributed by atoms with Gasteiger partial charge in [-0.05, 0) is 25.0 Å². The van der Waals surface area contributed by atoms with E-state index in [1.165, 1.54) is 0 Å². The van der Waals surface area contributed by atoms with Crippen LogP contribution in [0.2, 0.25) is 0 Å². The Morgan fingerprint density at radius 1 is 1.10 bits per heavy atom. The molecular weight excluding hydrogens is 254 g/mol. The number of rotatable bonds is 2. The van der Waals surface area contributed by atoms with Crippen LogP contribution in [0.25, 0.3) is 10.9 Å². The fourth-order valence-corrected chi connectivity index (χ4v) is 2.23. The Morgan fingerprint density at radius 3 is 2.85 bits per heavy atom. The molecule has 0 radical (unpaired) electrons. The van der Waals surface area contributed by atoms with Gasteiger partial charge < -0.3 is 0 Å². The summed E-state index contributed by atoms with van der Waals surface area (Å²) in [6.45, 7) is 0. The first-order chi connectivity index (χ1) is 9.75. The smallest absolute Gasteiger partial charge is 0.244 e. The van der Waals surface area contributed by atoms with Gasteiger partial charge in [0, 0.05) is 18.0 Å². The van der Waals surface area contributed by atoms with E-state index in [0.29, 0.717) is 25.0 Å². The lowest BCUT2D eigenvalue weighted by Gasteiger charge is -2.11. The first-order valence-electron chi connectivity index (χ1n) is 6.49. The van der Waals surface area contributed by atoms with Gasteiger partial charge in [-0.15, -0.1) is 0 Å². The second-order valence-corrected chi connectivity index (χ2v) is 4.66. The van der Waals surface area contributed by atoms with Gasteiger partial charge in [0.25, 0.3) is 0 Å². The van der Waals surface area contributed by atoms with E-state index in [-0.39, 0.29) is 5.78 Å². The highest BCUT2D eigenvalue weighted by Gasteiger charge is 2.25. The van der Waals surface area contributed by atoms with Crippen molar-refractivity contribution < 1.29 is 9.59 Å². The minimum atomic E-state index is -0.475. The second-order valence-electron chi connectivity index (χ2n) is 4.66. The molecule has 1 heterocycles. The van der Waals surface area contributed by atoms with Gasteiger partial charge in [-0.2, -0.15) is 5.10 Å². The number of anilines is 1. The van der Waals surface area contributed by atoms with Crippen molar-refractivity contribution in [3.8, 4) is 0 Å².